The molecule has 21 heavy (non-hydrogen) atoms. The van der Waals surface area contributed by atoms with E-state index in [9.17, 15) is 14.7 Å². The SMILES string of the molecule is COCC(O)CN(C)C(=O)CC1(CC(=O)O)CCCCC1. The minimum absolute atomic E-state index is 0.0488. The molecule has 1 atom stereocenters. The largest absolute Gasteiger partial charge is 0.481 e. The van der Waals surface area contributed by atoms with Crippen LogP contribution in [0.15, 0.2) is 0 Å². The van der Waals surface area contributed by atoms with E-state index in [0.29, 0.717) is 0 Å². The van der Waals surface area contributed by atoms with Gasteiger partial charge >= 0.3 is 5.97 Å². The zero-order chi connectivity index (χ0) is 15.9. The lowest BCUT2D eigenvalue weighted by Crippen LogP contribution is -2.40. The summed E-state index contributed by atoms with van der Waals surface area (Å²) in [6.45, 7) is 0.383. The van der Waals surface area contributed by atoms with Gasteiger partial charge in [0.25, 0.3) is 0 Å². The highest BCUT2D eigenvalue weighted by Gasteiger charge is 2.37. The molecule has 0 aromatic heterocycles. The average Bonchev–Trinajstić information content (AvgIpc) is 2.38. The minimum atomic E-state index is -0.841. The molecule has 1 aliphatic rings. The Hall–Kier alpha value is -1.14. The number of carbonyl (C=O) groups excluding carboxylic acids is 1. The van der Waals surface area contributed by atoms with Crippen LogP contribution in [0, 0.1) is 5.41 Å². The zero-order valence-corrected chi connectivity index (χ0v) is 13.0. The van der Waals surface area contributed by atoms with Gasteiger partial charge in [-0.15, -0.1) is 0 Å². The molecule has 1 amide bonds. The summed E-state index contributed by atoms with van der Waals surface area (Å²) in [5.74, 6) is -0.944. The molecule has 1 rings (SSSR count). The number of carboxylic acid groups (broad SMARTS) is 1. The van der Waals surface area contributed by atoms with E-state index in [1.807, 2.05) is 0 Å². The van der Waals surface area contributed by atoms with Crippen molar-refractivity contribution in [2.75, 3.05) is 27.3 Å². The van der Waals surface area contributed by atoms with E-state index in [-0.39, 0.29) is 31.9 Å². The first-order valence-corrected chi connectivity index (χ1v) is 7.51. The number of carboxylic acids is 1. The number of hydrogen-bond donors (Lipinski definition) is 2. The smallest absolute Gasteiger partial charge is 0.303 e. The van der Waals surface area contributed by atoms with Crippen LogP contribution in [0.25, 0.3) is 0 Å². The molecule has 0 radical (unpaired) electrons. The van der Waals surface area contributed by atoms with Crippen molar-refractivity contribution < 1.29 is 24.5 Å². The molecule has 122 valence electrons. The van der Waals surface area contributed by atoms with E-state index in [0.717, 1.165) is 32.1 Å². The fourth-order valence-electron chi connectivity index (χ4n) is 3.16. The van der Waals surface area contributed by atoms with Crippen LogP contribution >= 0.6 is 0 Å². The van der Waals surface area contributed by atoms with Crippen molar-refractivity contribution in [1.29, 1.82) is 0 Å². The van der Waals surface area contributed by atoms with E-state index >= 15 is 0 Å². The highest BCUT2D eigenvalue weighted by Crippen LogP contribution is 2.42. The van der Waals surface area contributed by atoms with Gasteiger partial charge in [-0.1, -0.05) is 19.3 Å². The van der Waals surface area contributed by atoms with E-state index in [1.54, 1.807) is 7.05 Å². The molecule has 2 N–H and O–H groups in total. The predicted octanol–water partition coefficient (Wildman–Crippen LogP) is 1.27. The summed E-state index contributed by atoms with van der Waals surface area (Å²) >= 11 is 0. The third kappa shape index (κ3) is 6.01. The molecule has 0 aromatic rings. The third-order valence-corrected chi connectivity index (χ3v) is 4.24. The van der Waals surface area contributed by atoms with E-state index in [1.165, 1.54) is 12.0 Å². The molecule has 6 heteroatoms. The van der Waals surface area contributed by atoms with Crippen molar-refractivity contribution in [3.8, 4) is 0 Å². The lowest BCUT2D eigenvalue weighted by molar-refractivity contribution is -0.142. The average molecular weight is 301 g/mol. The Balaban J connectivity index is 2.60. The summed E-state index contributed by atoms with van der Waals surface area (Å²) in [6, 6.07) is 0. The number of ether oxygens (including phenoxy) is 1. The molecule has 1 aliphatic carbocycles. The molecule has 0 heterocycles. The van der Waals surface area contributed by atoms with Crippen LogP contribution in [0.1, 0.15) is 44.9 Å². The Bertz CT molecular complexity index is 352. The van der Waals surface area contributed by atoms with Crippen LogP contribution < -0.4 is 0 Å². The fourth-order valence-corrected chi connectivity index (χ4v) is 3.16. The van der Waals surface area contributed by atoms with Crippen molar-refractivity contribution in [3.05, 3.63) is 0 Å². The molecule has 0 spiro atoms. The number of likely N-dealkylation sites (N-methyl/N-ethyl adjacent to an activating group) is 1. The van der Waals surface area contributed by atoms with Gasteiger partial charge in [0.05, 0.1) is 19.1 Å². The zero-order valence-electron chi connectivity index (χ0n) is 13.0. The summed E-state index contributed by atoms with van der Waals surface area (Å²) in [6.07, 6.45) is 4.23. The highest BCUT2D eigenvalue weighted by atomic mass is 16.5. The van der Waals surface area contributed by atoms with Crippen LogP contribution in [-0.4, -0.2) is 60.4 Å². The lowest BCUT2D eigenvalue weighted by Gasteiger charge is -2.36. The maximum Gasteiger partial charge on any atom is 0.303 e. The number of carbonyl (C=O) groups is 2. The lowest BCUT2D eigenvalue weighted by atomic mass is 9.69. The maximum absolute atomic E-state index is 12.3. The summed E-state index contributed by atoms with van der Waals surface area (Å²) in [5.41, 5.74) is -0.415. The van der Waals surface area contributed by atoms with Gasteiger partial charge in [-0.05, 0) is 18.3 Å². The Labute approximate surface area is 126 Å². The molecule has 1 unspecified atom stereocenters. The first-order valence-electron chi connectivity index (χ1n) is 7.51. The van der Waals surface area contributed by atoms with Crippen LogP contribution in [0.3, 0.4) is 0 Å². The van der Waals surface area contributed by atoms with Gasteiger partial charge in [0.2, 0.25) is 5.91 Å². The molecule has 1 fully saturated rings. The number of aliphatic hydroxyl groups excluding tert-OH is 1. The number of amides is 1. The molecule has 0 bridgehead atoms. The number of methoxy groups -OCH3 is 1. The molecule has 0 saturated heterocycles. The van der Waals surface area contributed by atoms with Crippen LogP contribution in [0.5, 0.6) is 0 Å². The predicted molar refractivity (Wildman–Crippen MR) is 77.9 cm³/mol. The first-order chi connectivity index (χ1) is 9.88. The molecule has 6 nitrogen and oxygen atoms in total. The summed E-state index contributed by atoms with van der Waals surface area (Å²) < 4.78 is 4.84. The second-order valence-electron chi connectivity index (χ2n) is 6.19. The van der Waals surface area contributed by atoms with Crippen LogP contribution in [-0.2, 0) is 14.3 Å². The van der Waals surface area contributed by atoms with Gasteiger partial charge in [-0.25, -0.2) is 0 Å². The number of aliphatic hydroxyl groups is 1. The van der Waals surface area contributed by atoms with Gasteiger partial charge < -0.3 is 19.8 Å². The van der Waals surface area contributed by atoms with Crippen LogP contribution in [0.2, 0.25) is 0 Å². The number of aliphatic carboxylic acids is 1. The van der Waals surface area contributed by atoms with E-state index in [4.69, 9.17) is 9.84 Å². The Morgan fingerprint density at radius 1 is 1.24 bits per heavy atom. The standard InChI is InChI=1S/C15H27NO5/c1-16(10-12(17)11-21-2)13(18)8-15(9-14(19)20)6-4-3-5-7-15/h12,17H,3-11H2,1-2H3,(H,19,20). The highest BCUT2D eigenvalue weighted by molar-refractivity contribution is 5.78. The second kappa shape index (κ2) is 8.34. The van der Waals surface area contributed by atoms with Crippen LogP contribution in [0.4, 0.5) is 0 Å². The summed E-state index contributed by atoms with van der Waals surface area (Å²) in [5, 5.41) is 18.8. The van der Waals surface area contributed by atoms with Gasteiger partial charge in [0.1, 0.15) is 0 Å². The van der Waals surface area contributed by atoms with E-state index < -0.39 is 17.5 Å². The van der Waals surface area contributed by atoms with Crippen molar-refractivity contribution in [2.24, 2.45) is 5.41 Å². The maximum atomic E-state index is 12.3. The van der Waals surface area contributed by atoms with Gasteiger partial charge in [0, 0.05) is 27.1 Å². The quantitative estimate of drug-likeness (QED) is 0.705. The third-order valence-electron chi connectivity index (χ3n) is 4.24. The van der Waals surface area contributed by atoms with Gasteiger partial charge in [0.15, 0.2) is 0 Å². The number of hydrogen-bond acceptors (Lipinski definition) is 4. The minimum Gasteiger partial charge on any atom is -0.481 e. The molecule has 0 aliphatic heterocycles. The Morgan fingerprint density at radius 2 is 1.86 bits per heavy atom. The fraction of sp³-hybridized carbons (Fsp3) is 0.867. The Kier molecular flexibility index (Phi) is 7.11. The topological polar surface area (TPSA) is 87.1 Å². The summed E-state index contributed by atoms with van der Waals surface area (Å²) in [4.78, 5) is 24.9. The number of rotatable bonds is 8. The molecule has 1 saturated carbocycles. The monoisotopic (exact) mass is 301 g/mol. The van der Waals surface area contributed by atoms with E-state index in [2.05, 4.69) is 0 Å². The number of nitrogens with zero attached hydrogens (tertiary/aromatic N) is 1. The normalized spacial score (nSPS) is 19.0. The Morgan fingerprint density at radius 3 is 2.38 bits per heavy atom. The van der Waals surface area contributed by atoms with Crippen molar-refractivity contribution in [1.82, 2.24) is 4.90 Å². The molecular formula is C15H27NO5. The summed E-state index contributed by atoms with van der Waals surface area (Å²) in [7, 11) is 3.13. The van der Waals surface area contributed by atoms with Crippen molar-refractivity contribution >= 4 is 11.9 Å². The molecule has 0 aromatic carbocycles. The second-order valence-corrected chi connectivity index (χ2v) is 6.19. The van der Waals surface area contributed by atoms with Crippen molar-refractivity contribution in [2.45, 2.75) is 51.0 Å². The first kappa shape index (κ1) is 17.9. The van der Waals surface area contributed by atoms with Crippen molar-refractivity contribution in [3.63, 3.8) is 0 Å². The van der Waals surface area contributed by atoms with Gasteiger partial charge in [-0.3, -0.25) is 9.59 Å². The molecular weight excluding hydrogens is 274 g/mol. The van der Waals surface area contributed by atoms with Gasteiger partial charge in [-0.2, -0.15) is 0 Å².